The first kappa shape index (κ1) is 13.5. The summed E-state index contributed by atoms with van der Waals surface area (Å²) < 4.78 is 0. The molecular formula is C16H10N4O2. The Morgan fingerprint density at radius 3 is 2.82 bits per heavy atom. The van der Waals surface area contributed by atoms with Crippen molar-refractivity contribution in [2.45, 2.75) is 0 Å². The number of aromatic nitrogens is 2. The van der Waals surface area contributed by atoms with Gasteiger partial charge in [-0.25, -0.2) is 4.98 Å². The number of imidazole rings is 1. The van der Waals surface area contributed by atoms with Crippen LogP contribution in [0.1, 0.15) is 11.4 Å². The van der Waals surface area contributed by atoms with Gasteiger partial charge in [-0.2, -0.15) is 5.26 Å². The Bertz CT molecular complexity index is 901. The highest BCUT2D eigenvalue weighted by Crippen LogP contribution is 2.21. The van der Waals surface area contributed by atoms with Gasteiger partial charge < -0.3 is 4.98 Å². The highest BCUT2D eigenvalue weighted by molar-refractivity contribution is 5.90. The van der Waals surface area contributed by atoms with Gasteiger partial charge in [0.2, 0.25) is 0 Å². The summed E-state index contributed by atoms with van der Waals surface area (Å²) in [6, 6.07) is 15.6. The third-order valence-electron chi connectivity index (χ3n) is 3.16. The third kappa shape index (κ3) is 2.55. The first-order valence-electron chi connectivity index (χ1n) is 6.49. The van der Waals surface area contributed by atoms with E-state index >= 15 is 0 Å². The van der Waals surface area contributed by atoms with E-state index in [1.165, 1.54) is 12.1 Å². The molecule has 1 aromatic heterocycles. The number of H-pyrrole nitrogens is 1. The van der Waals surface area contributed by atoms with E-state index in [2.05, 4.69) is 16.0 Å². The van der Waals surface area contributed by atoms with Gasteiger partial charge in [0.1, 0.15) is 11.9 Å². The van der Waals surface area contributed by atoms with Crippen LogP contribution in [0.2, 0.25) is 0 Å². The molecule has 2 aromatic carbocycles. The molecule has 0 bridgehead atoms. The van der Waals surface area contributed by atoms with E-state index < -0.39 is 4.92 Å². The summed E-state index contributed by atoms with van der Waals surface area (Å²) in [6.07, 6.45) is 1.57. The van der Waals surface area contributed by atoms with E-state index in [-0.39, 0.29) is 5.69 Å². The number of hydrogen-bond acceptors (Lipinski definition) is 4. The monoisotopic (exact) mass is 290 g/mol. The van der Waals surface area contributed by atoms with Crippen LogP contribution < -0.4 is 0 Å². The lowest BCUT2D eigenvalue weighted by molar-refractivity contribution is -0.384. The van der Waals surface area contributed by atoms with Crippen molar-refractivity contribution >= 4 is 28.4 Å². The number of fused-ring (bicyclic) bond motifs is 1. The molecule has 0 spiro atoms. The minimum absolute atomic E-state index is 0.0179. The molecule has 0 aliphatic carbocycles. The topological polar surface area (TPSA) is 95.6 Å². The van der Waals surface area contributed by atoms with Gasteiger partial charge >= 0.3 is 0 Å². The summed E-state index contributed by atoms with van der Waals surface area (Å²) in [5.74, 6) is 0.440. The van der Waals surface area contributed by atoms with Gasteiger partial charge in [-0.1, -0.05) is 24.3 Å². The predicted molar refractivity (Wildman–Crippen MR) is 82.7 cm³/mol. The summed E-state index contributed by atoms with van der Waals surface area (Å²) >= 11 is 0. The van der Waals surface area contributed by atoms with Crippen LogP contribution in [0.3, 0.4) is 0 Å². The van der Waals surface area contributed by atoms with E-state index in [0.717, 1.165) is 11.0 Å². The Morgan fingerprint density at radius 2 is 2.09 bits per heavy atom. The van der Waals surface area contributed by atoms with Gasteiger partial charge in [-0.15, -0.1) is 0 Å². The van der Waals surface area contributed by atoms with Crippen molar-refractivity contribution in [2.24, 2.45) is 0 Å². The van der Waals surface area contributed by atoms with Crippen molar-refractivity contribution in [3.63, 3.8) is 0 Å². The second-order valence-corrected chi connectivity index (χ2v) is 4.62. The van der Waals surface area contributed by atoms with Crippen molar-refractivity contribution in [2.75, 3.05) is 0 Å². The number of para-hydroxylation sites is 2. The summed E-state index contributed by atoms with van der Waals surface area (Å²) in [6.45, 7) is 0. The molecule has 0 aliphatic rings. The second kappa shape index (κ2) is 5.50. The molecule has 106 valence electrons. The van der Waals surface area contributed by atoms with Crippen LogP contribution in [0.5, 0.6) is 0 Å². The summed E-state index contributed by atoms with van der Waals surface area (Å²) in [5.41, 5.74) is 2.47. The molecule has 0 saturated heterocycles. The average Bonchev–Trinajstić information content (AvgIpc) is 2.96. The molecule has 0 unspecified atom stereocenters. The van der Waals surface area contributed by atoms with E-state index in [1.54, 1.807) is 18.2 Å². The molecule has 3 rings (SSSR count). The zero-order valence-electron chi connectivity index (χ0n) is 11.4. The van der Waals surface area contributed by atoms with E-state index in [1.807, 2.05) is 24.3 Å². The maximum atomic E-state index is 10.8. The highest BCUT2D eigenvalue weighted by atomic mass is 16.6. The van der Waals surface area contributed by atoms with Gasteiger partial charge in [0.25, 0.3) is 5.69 Å². The standard InChI is InChI=1S/C16H10N4O2/c17-10-12(8-11-4-3-5-13(9-11)20(21)22)16-18-14-6-1-2-7-15(14)19-16/h1-9H,(H,18,19)/b12-8+. The number of hydrogen-bond donors (Lipinski definition) is 1. The minimum atomic E-state index is -0.468. The van der Waals surface area contributed by atoms with Gasteiger partial charge in [0.15, 0.2) is 0 Å². The van der Waals surface area contributed by atoms with Crippen LogP contribution in [0, 0.1) is 21.4 Å². The number of non-ortho nitro benzene ring substituents is 1. The molecule has 1 N–H and O–H groups in total. The summed E-state index contributed by atoms with van der Waals surface area (Å²) in [7, 11) is 0. The van der Waals surface area contributed by atoms with E-state index in [4.69, 9.17) is 0 Å². The Kier molecular flexibility index (Phi) is 3.38. The fraction of sp³-hybridized carbons (Fsp3) is 0. The van der Waals surface area contributed by atoms with Crippen LogP contribution in [-0.2, 0) is 0 Å². The normalized spacial score (nSPS) is 11.3. The third-order valence-corrected chi connectivity index (χ3v) is 3.16. The Labute approximate surface area is 125 Å². The molecular weight excluding hydrogens is 280 g/mol. The second-order valence-electron chi connectivity index (χ2n) is 4.62. The van der Waals surface area contributed by atoms with Crippen molar-refractivity contribution in [3.8, 4) is 6.07 Å². The molecule has 0 radical (unpaired) electrons. The lowest BCUT2D eigenvalue weighted by Gasteiger charge is -1.96. The number of allylic oxidation sites excluding steroid dienone is 1. The molecule has 1 heterocycles. The Hall–Kier alpha value is -3.46. The van der Waals surface area contributed by atoms with Gasteiger partial charge in [0.05, 0.1) is 21.5 Å². The Balaban J connectivity index is 2.05. The quantitative estimate of drug-likeness (QED) is 0.453. The number of aromatic amines is 1. The molecule has 22 heavy (non-hydrogen) atoms. The first-order valence-corrected chi connectivity index (χ1v) is 6.49. The molecule has 3 aromatic rings. The molecule has 0 atom stereocenters. The largest absolute Gasteiger partial charge is 0.337 e. The summed E-state index contributed by atoms with van der Waals surface area (Å²) in [4.78, 5) is 17.8. The van der Waals surface area contributed by atoms with Crippen LogP contribution >= 0.6 is 0 Å². The van der Waals surface area contributed by atoms with Gasteiger partial charge in [-0.3, -0.25) is 10.1 Å². The zero-order valence-corrected chi connectivity index (χ0v) is 11.4. The van der Waals surface area contributed by atoms with E-state index in [9.17, 15) is 15.4 Å². The number of nitrogens with one attached hydrogen (secondary N) is 1. The number of nitriles is 1. The lowest BCUT2D eigenvalue weighted by Crippen LogP contribution is -1.89. The average molecular weight is 290 g/mol. The predicted octanol–water partition coefficient (Wildman–Crippen LogP) is 3.54. The minimum Gasteiger partial charge on any atom is -0.337 e. The van der Waals surface area contributed by atoms with Crippen LogP contribution in [0.15, 0.2) is 48.5 Å². The molecule has 0 amide bonds. The van der Waals surface area contributed by atoms with Crippen molar-refractivity contribution in [3.05, 3.63) is 70.0 Å². The fourth-order valence-electron chi connectivity index (χ4n) is 2.13. The molecule has 0 saturated carbocycles. The van der Waals surface area contributed by atoms with Crippen LogP contribution in [0.25, 0.3) is 22.7 Å². The molecule has 0 fully saturated rings. The maximum absolute atomic E-state index is 10.8. The van der Waals surface area contributed by atoms with Crippen molar-refractivity contribution in [1.29, 1.82) is 5.26 Å². The lowest BCUT2D eigenvalue weighted by atomic mass is 10.1. The Morgan fingerprint density at radius 1 is 1.27 bits per heavy atom. The maximum Gasteiger partial charge on any atom is 0.270 e. The smallest absolute Gasteiger partial charge is 0.270 e. The van der Waals surface area contributed by atoms with Gasteiger partial charge in [0, 0.05) is 12.1 Å². The van der Waals surface area contributed by atoms with Gasteiger partial charge in [-0.05, 0) is 23.8 Å². The molecule has 6 heteroatoms. The fourth-order valence-corrected chi connectivity index (χ4v) is 2.13. The van der Waals surface area contributed by atoms with E-state index in [0.29, 0.717) is 17.0 Å². The number of rotatable bonds is 3. The number of benzene rings is 2. The number of nitro benzene ring substituents is 1. The number of nitrogens with zero attached hydrogens (tertiary/aromatic N) is 3. The first-order chi connectivity index (χ1) is 10.7. The number of nitro groups is 1. The SMILES string of the molecule is N#C/C(=C\c1cccc([N+](=O)[O-])c1)c1nc2ccccc2[nH]1. The summed E-state index contributed by atoms with van der Waals surface area (Å²) in [5, 5.41) is 20.1. The highest BCUT2D eigenvalue weighted by Gasteiger charge is 2.09. The molecule has 0 aliphatic heterocycles. The molecule has 6 nitrogen and oxygen atoms in total. The van der Waals surface area contributed by atoms with Crippen molar-refractivity contribution < 1.29 is 4.92 Å². The van der Waals surface area contributed by atoms with Crippen LogP contribution in [-0.4, -0.2) is 14.9 Å². The zero-order chi connectivity index (χ0) is 15.5. The van der Waals surface area contributed by atoms with Crippen LogP contribution in [0.4, 0.5) is 5.69 Å². The van der Waals surface area contributed by atoms with Crippen molar-refractivity contribution in [1.82, 2.24) is 9.97 Å².